The average molecular weight is 398 g/mol. The van der Waals surface area contributed by atoms with Gasteiger partial charge in [-0.25, -0.2) is 4.79 Å². The first kappa shape index (κ1) is 19.2. The number of hydrogen-bond acceptors (Lipinski definition) is 5. The van der Waals surface area contributed by atoms with Crippen LogP contribution in [0.15, 0.2) is 38.9 Å². The number of nitrogens with zero attached hydrogens (tertiary/aromatic N) is 1. The van der Waals surface area contributed by atoms with E-state index < -0.39 is 0 Å². The Morgan fingerprint density at radius 3 is 2.64 bits per heavy atom. The van der Waals surface area contributed by atoms with Crippen molar-refractivity contribution in [3.05, 3.63) is 61.6 Å². The molecule has 2 aromatic heterocycles. The second-order valence-corrected chi connectivity index (χ2v) is 8.74. The molecule has 0 unspecified atom stereocenters. The molecule has 5 heteroatoms. The minimum atomic E-state index is -0.287. The van der Waals surface area contributed by atoms with E-state index in [-0.39, 0.29) is 11.4 Å². The maximum Gasteiger partial charge on any atom is 0.339 e. The molecule has 1 aromatic carbocycles. The normalized spacial score (nSPS) is 15.1. The minimum Gasteiger partial charge on any atom is -0.507 e. The van der Waals surface area contributed by atoms with Crippen LogP contribution in [0.3, 0.4) is 0 Å². The van der Waals surface area contributed by atoms with E-state index in [1.165, 1.54) is 30.6 Å². The Labute approximate surface area is 169 Å². The summed E-state index contributed by atoms with van der Waals surface area (Å²) in [4.78, 5) is 16.2. The molecular formula is C23H27NO3S. The number of aryl methyl sites for hydroxylation is 1. The highest BCUT2D eigenvalue weighted by atomic mass is 32.1. The Morgan fingerprint density at radius 1 is 1.18 bits per heavy atom. The van der Waals surface area contributed by atoms with Crippen molar-refractivity contribution in [1.29, 1.82) is 0 Å². The van der Waals surface area contributed by atoms with Gasteiger partial charge in [0.25, 0.3) is 0 Å². The van der Waals surface area contributed by atoms with Gasteiger partial charge in [0.2, 0.25) is 0 Å². The Kier molecular flexibility index (Phi) is 5.56. The van der Waals surface area contributed by atoms with E-state index in [0.29, 0.717) is 24.6 Å². The van der Waals surface area contributed by atoms with Crippen molar-refractivity contribution < 1.29 is 9.52 Å². The molecule has 1 saturated carbocycles. The molecule has 1 aliphatic rings. The van der Waals surface area contributed by atoms with Gasteiger partial charge in [-0.05, 0) is 55.3 Å². The molecule has 1 aliphatic carbocycles. The van der Waals surface area contributed by atoms with Crippen LogP contribution in [0.2, 0.25) is 0 Å². The van der Waals surface area contributed by atoms with Gasteiger partial charge in [0.15, 0.2) is 0 Å². The van der Waals surface area contributed by atoms with Gasteiger partial charge in [0.05, 0.1) is 5.56 Å². The number of benzene rings is 1. The predicted octanol–water partition coefficient (Wildman–Crippen LogP) is 5.38. The van der Waals surface area contributed by atoms with Gasteiger partial charge in [-0.3, -0.25) is 4.90 Å². The fourth-order valence-corrected chi connectivity index (χ4v) is 5.18. The minimum absolute atomic E-state index is 0.202. The maximum atomic E-state index is 12.5. The highest BCUT2D eigenvalue weighted by molar-refractivity contribution is 7.09. The highest BCUT2D eigenvalue weighted by Gasteiger charge is 2.26. The second-order valence-electron chi connectivity index (χ2n) is 7.71. The number of rotatable bonds is 6. The third-order valence-corrected chi connectivity index (χ3v) is 6.89. The van der Waals surface area contributed by atoms with Gasteiger partial charge in [0, 0.05) is 35.0 Å². The van der Waals surface area contributed by atoms with Gasteiger partial charge in [0.1, 0.15) is 11.3 Å². The number of hydrogen-bond donors (Lipinski definition) is 1. The van der Waals surface area contributed by atoms with Crippen molar-refractivity contribution in [3.63, 3.8) is 0 Å². The predicted molar refractivity (Wildman–Crippen MR) is 114 cm³/mol. The Morgan fingerprint density at radius 2 is 1.96 bits per heavy atom. The molecular weight excluding hydrogens is 370 g/mol. The van der Waals surface area contributed by atoms with Gasteiger partial charge < -0.3 is 9.52 Å². The summed E-state index contributed by atoms with van der Waals surface area (Å²) in [6.45, 7) is 5.38. The Hall–Kier alpha value is -2.11. The van der Waals surface area contributed by atoms with Crippen LogP contribution in [0.5, 0.6) is 5.75 Å². The molecule has 0 aliphatic heterocycles. The molecule has 0 saturated heterocycles. The van der Waals surface area contributed by atoms with E-state index in [2.05, 4.69) is 22.4 Å². The summed E-state index contributed by atoms with van der Waals surface area (Å²) in [5, 5.41) is 13.7. The lowest BCUT2D eigenvalue weighted by molar-refractivity contribution is 0.180. The number of thiophene rings is 1. The molecule has 4 nitrogen and oxygen atoms in total. The van der Waals surface area contributed by atoms with Crippen LogP contribution in [0.4, 0.5) is 0 Å². The molecule has 0 bridgehead atoms. The standard InChI is InChI=1S/C23H27NO3S/c1-3-18-15(2)19-10-11-21(25)20(22(19)27-23(18)26)14-24(16-7-4-5-8-16)13-17-9-6-12-28-17/h6,9-12,16,25H,3-5,7-8,13-14H2,1-2H3. The van der Waals surface area contributed by atoms with Crippen LogP contribution in [0.25, 0.3) is 11.0 Å². The van der Waals surface area contributed by atoms with E-state index in [1.807, 2.05) is 19.9 Å². The fourth-order valence-electron chi connectivity index (χ4n) is 4.45. The van der Waals surface area contributed by atoms with Crippen molar-refractivity contribution in [1.82, 2.24) is 4.90 Å². The monoisotopic (exact) mass is 397 g/mol. The molecule has 1 fully saturated rings. The summed E-state index contributed by atoms with van der Waals surface area (Å²) in [7, 11) is 0. The van der Waals surface area contributed by atoms with Crippen LogP contribution in [0.1, 0.15) is 54.2 Å². The first-order valence-corrected chi connectivity index (χ1v) is 11.0. The third-order valence-electron chi connectivity index (χ3n) is 6.03. The summed E-state index contributed by atoms with van der Waals surface area (Å²) in [6.07, 6.45) is 5.51. The molecule has 148 valence electrons. The summed E-state index contributed by atoms with van der Waals surface area (Å²) in [6, 6.07) is 8.34. The first-order valence-electron chi connectivity index (χ1n) is 10.1. The average Bonchev–Trinajstić information content (AvgIpc) is 3.37. The van der Waals surface area contributed by atoms with E-state index in [9.17, 15) is 9.90 Å². The topological polar surface area (TPSA) is 53.7 Å². The third kappa shape index (κ3) is 3.61. The van der Waals surface area contributed by atoms with E-state index in [1.54, 1.807) is 17.4 Å². The van der Waals surface area contributed by atoms with Crippen LogP contribution in [-0.2, 0) is 19.5 Å². The van der Waals surface area contributed by atoms with E-state index in [4.69, 9.17) is 4.42 Å². The summed E-state index contributed by atoms with van der Waals surface area (Å²) in [5.41, 5.74) is 2.65. The van der Waals surface area contributed by atoms with Crippen molar-refractivity contribution in [3.8, 4) is 5.75 Å². The maximum absolute atomic E-state index is 12.5. The highest BCUT2D eigenvalue weighted by Crippen LogP contribution is 2.34. The van der Waals surface area contributed by atoms with Crippen molar-refractivity contribution in [2.24, 2.45) is 0 Å². The number of phenols is 1. The number of aromatic hydroxyl groups is 1. The number of phenolic OH excluding ortho intramolecular Hbond substituents is 1. The Balaban J connectivity index is 1.77. The van der Waals surface area contributed by atoms with Gasteiger partial charge in [-0.1, -0.05) is 25.8 Å². The fraction of sp³-hybridized carbons (Fsp3) is 0.435. The molecule has 28 heavy (non-hydrogen) atoms. The van der Waals surface area contributed by atoms with Gasteiger partial charge in [-0.15, -0.1) is 11.3 Å². The van der Waals surface area contributed by atoms with E-state index in [0.717, 1.165) is 28.6 Å². The van der Waals surface area contributed by atoms with Gasteiger partial charge >= 0.3 is 5.63 Å². The molecule has 0 spiro atoms. The summed E-state index contributed by atoms with van der Waals surface area (Å²) < 4.78 is 5.74. The van der Waals surface area contributed by atoms with Crippen LogP contribution in [0, 0.1) is 6.92 Å². The largest absolute Gasteiger partial charge is 0.507 e. The molecule has 2 heterocycles. The molecule has 4 rings (SSSR count). The van der Waals surface area contributed by atoms with Crippen molar-refractivity contribution >= 4 is 22.3 Å². The zero-order valence-corrected chi connectivity index (χ0v) is 17.3. The lowest BCUT2D eigenvalue weighted by atomic mass is 10.0. The van der Waals surface area contributed by atoms with E-state index >= 15 is 0 Å². The molecule has 0 radical (unpaired) electrons. The SMILES string of the molecule is CCc1c(C)c2ccc(O)c(CN(Cc3cccs3)C3CCCC3)c2oc1=O. The molecule has 0 amide bonds. The Bertz CT molecular complexity index is 1020. The van der Waals surface area contributed by atoms with Crippen LogP contribution >= 0.6 is 11.3 Å². The van der Waals surface area contributed by atoms with Crippen molar-refractivity contribution in [2.75, 3.05) is 0 Å². The van der Waals surface area contributed by atoms with Crippen LogP contribution < -0.4 is 5.63 Å². The molecule has 0 atom stereocenters. The van der Waals surface area contributed by atoms with Crippen molar-refractivity contribution in [2.45, 2.75) is 65.1 Å². The molecule has 1 N–H and O–H groups in total. The zero-order valence-electron chi connectivity index (χ0n) is 16.5. The lowest BCUT2D eigenvalue weighted by Gasteiger charge is -2.29. The number of fused-ring (bicyclic) bond motifs is 1. The zero-order chi connectivity index (χ0) is 19.7. The first-order chi connectivity index (χ1) is 13.6. The summed E-state index contributed by atoms with van der Waals surface area (Å²) >= 11 is 1.76. The summed E-state index contributed by atoms with van der Waals surface area (Å²) in [5.74, 6) is 0.202. The lowest BCUT2D eigenvalue weighted by Crippen LogP contribution is -2.32. The second kappa shape index (κ2) is 8.10. The van der Waals surface area contributed by atoms with Crippen LogP contribution in [-0.4, -0.2) is 16.0 Å². The van der Waals surface area contributed by atoms with Gasteiger partial charge in [-0.2, -0.15) is 0 Å². The smallest absolute Gasteiger partial charge is 0.339 e. The molecule has 3 aromatic rings. The quantitative estimate of drug-likeness (QED) is 0.568.